The third-order valence-corrected chi connectivity index (χ3v) is 8.19. The molecule has 8 aromatic rings. The van der Waals surface area contributed by atoms with Crippen molar-refractivity contribution in [3.05, 3.63) is 151 Å². The lowest BCUT2D eigenvalue weighted by Crippen LogP contribution is -2.11. The normalized spacial score (nSPS) is 11.5. The molecule has 194 valence electrons. The van der Waals surface area contributed by atoms with Crippen molar-refractivity contribution in [2.24, 2.45) is 0 Å². The maximum Gasteiger partial charge on any atom is 0.138 e. The van der Waals surface area contributed by atoms with Crippen molar-refractivity contribution in [3.8, 4) is 11.3 Å². The number of hydrogen-bond acceptors (Lipinski definition) is 2. The Morgan fingerprint density at radius 2 is 1.12 bits per heavy atom. The Bertz CT molecular complexity index is 2240. The smallest absolute Gasteiger partial charge is 0.138 e. The molecule has 0 bridgehead atoms. The minimum absolute atomic E-state index is 0.912. The summed E-state index contributed by atoms with van der Waals surface area (Å²) in [5, 5.41) is 8.53. The summed E-state index contributed by atoms with van der Waals surface area (Å²) in [5.41, 5.74) is 6.48. The molecule has 41 heavy (non-hydrogen) atoms. The number of hydrogen-bond donors (Lipinski definition) is 0. The van der Waals surface area contributed by atoms with Gasteiger partial charge in [-0.2, -0.15) is 0 Å². The quantitative estimate of drug-likeness (QED) is 0.212. The highest BCUT2D eigenvalue weighted by atomic mass is 16.3. The summed E-state index contributed by atoms with van der Waals surface area (Å²) in [5.74, 6) is 0.912. The van der Waals surface area contributed by atoms with Crippen LogP contribution in [-0.4, -0.2) is 0 Å². The first kappa shape index (κ1) is 23.5. The fourth-order valence-electron chi connectivity index (χ4n) is 6.20. The van der Waals surface area contributed by atoms with Crippen molar-refractivity contribution in [2.45, 2.75) is 6.92 Å². The molecule has 0 unspecified atom stereocenters. The van der Waals surface area contributed by atoms with E-state index in [0.29, 0.717) is 0 Å². The van der Waals surface area contributed by atoms with E-state index in [0.717, 1.165) is 44.9 Å². The molecule has 2 heteroatoms. The summed E-state index contributed by atoms with van der Waals surface area (Å²) in [6, 6.07) is 52.0. The molecule has 0 aliphatic heterocycles. The fourth-order valence-corrected chi connectivity index (χ4v) is 6.20. The van der Waals surface area contributed by atoms with Gasteiger partial charge in [0.2, 0.25) is 0 Å². The predicted molar refractivity (Wildman–Crippen MR) is 174 cm³/mol. The molecule has 0 N–H and O–H groups in total. The van der Waals surface area contributed by atoms with Gasteiger partial charge in [0.25, 0.3) is 0 Å². The van der Waals surface area contributed by atoms with E-state index >= 15 is 0 Å². The highest BCUT2D eigenvalue weighted by molar-refractivity contribution is 6.14. The maximum atomic E-state index is 6.40. The second kappa shape index (κ2) is 9.39. The maximum absolute atomic E-state index is 6.40. The molecular weight excluding hydrogens is 498 g/mol. The van der Waals surface area contributed by atoms with Crippen LogP contribution in [0.2, 0.25) is 0 Å². The van der Waals surface area contributed by atoms with Gasteiger partial charge in [-0.15, -0.1) is 0 Å². The average Bonchev–Trinajstić information content (AvgIpc) is 3.37. The first-order valence-corrected chi connectivity index (χ1v) is 14.0. The molecule has 1 heterocycles. The van der Waals surface area contributed by atoms with E-state index in [2.05, 4.69) is 145 Å². The zero-order chi connectivity index (χ0) is 27.3. The van der Waals surface area contributed by atoms with Crippen molar-refractivity contribution in [2.75, 3.05) is 4.90 Å². The Kier molecular flexibility index (Phi) is 5.39. The summed E-state index contributed by atoms with van der Waals surface area (Å²) in [6.45, 7) is 2.14. The van der Waals surface area contributed by atoms with Crippen LogP contribution in [0.1, 0.15) is 5.56 Å². The standard InChI is InChI=1S/C39H27NO/c1-26-33-16-8-9-20-38(33)41-39(26)30-14-10-15-31(24-30)40(32-22-21-27-11-2-3-12-28(27)23-32)37-25-29-13-4-5-17-34(29)35-18-6-7-19-36(35)37/h2-25H,1H3. The van der Waals surface area contributed by atoms with Gasteiger partial charge in [-0.25, -0.2) is 0 Å². The van der Waals surface area contributed by atoms with Crippen LogP contribution >= 0.6 is 0 Å². The van der Waals surface area contributed by atoms with Gasteiger partial charge in [-0.05, 0) is 70.3 Å². The number of benzene rings is 7. The largest absolute Gasteiger partial charge is 0.456 e. The molecule has 8 rings (SSSR count). The van der Waals surface area contributed by atoms with Crippen LogP contribution in [0.3, 0.4) is 0 Å². The summed E-state index contributed by atoms with van der Waals surface area (Å²) in [6.07, 6.45) is 0. The van der Waals surface area contributed by atoms with Gasteiger partial charge in [-0.1, -0.05) is 109 Å². The number of anilines is 3. The van der Waals surface area contributed by atoms with Crippen molar-refractivity contribution in [3.63, 3.8) is 0 Å². The number of nitrogens with zero attached hydrogens (tertiary/aromatic N) is 1. The fraction of sp³-hybridized carbons (Fsp3) is 0.0256. The van der Waals surface area contributed by atoms with Gasteiger partial charge in [0.1, 0.15) is 11.3 Å². The lowest BCUT2D eigenvalue weighted by molar-refractivity contribution is 0.629. The van der Waals surface area contributed by atoms with E-state index in [1.54, 1.807) is 0 Å². The second-order valence-electron chi connectivity index (χ2n) is 10.6. The second-order valence-corrected chi connectivity index (χ2v) is 10.6. The predicted octanol–water partition coefficient (Wildman–Crippen LogP) is 11.3. The van der Waals surface area contributed by atoms with Crippen LogP contribution in [0, 0.1) is 6.92 Å². The molecule has 0 fully saturated rings. The van der Waals surface area contributed by atoms with Crippen molar-refractivity contribution >= 4 is 60.3 Å². The van der Waals surface area contributed by atoms with E-state index in [1.165, 1.54) is 32.3 Å². The molecule has 2 nitrogen and oxygen atoms in total. The highest BCUT2D eigenvalue weighted by Crippen LogP contribution is 2.44. The summed E-state index contributed by atoms with van der Waals surface area (Å²) in [7, 11) is 0. The third-order valence-electron chi connectivity index (χ3n) is 8.19. The molecule has 0 radical (unpaired) electrons. The van der Waals surface area contributed by atoms with Gasteiger partial charge in [-0.3, -0.25) is 0 Å². The van der Waals surface area contributed by atoms with Crippen LogP contribution in [0.5, 0.6) is 0 Å². The molecule has 0 aliphatic carbocycles. The Labute approximate surface area is 238 Å². The van der Waals surface area contributed by atoms with Gasteiger partial charge >= 0.3 is 0 Å². The molecule has 1 aromatic heterocycles. The molecule has 0 amide bonds. The summed E-state index contributed by atoms with van der Waals surface area (Å²) >= 11 is 0. The Morgan fingerprint density at radius 3 is 1.95 bits per heavy atom. The third kappa shape index (κ3) is 3.88. The summed E-state index contributed by atoms with van der Waals surface area (Å²) in [4.78, 5) is 2.39. The van der Waals surface area contributed by atoms with E-state index in [9.17, 15) is 0 Å². The van der Waals surface area contributed by atoms with E-state index < -0.39 is 0 Å². The number of furan rings is 1. The van der Waals surface area contributed by atoms with Gasteiger partial charge < -0.3 is 9.32 Å². The van der Waals surface area contributed by atoms with Crippen molar-refractivity contribution < 1.29 is 4.42 Å². The molecule has 0 atom stereocenters. The molecule has 7 aromatic carbocycles. The first-order chi connectivity index (χ1) is 20.2. The van der Waals surface area contributed by atoms with E-state index in [-0.39, 0.29) is 0 Å². The van der Waals surface area contributed by atoms with Crippen molar-refractivity contribution in [1.82, 2.24) is 0 Å². The minimum Gasteiger partial charge on any atom is -0.456 e. The highest BCUT2D eigenvalue weighted by Gasteiger charge is 2.19. The molecule has 0 spiro atoms. The number of aryl methyl sites for hydroxylation is 1. The van der Waals surface area contributed by atoms with Crippen LogP contribution < -0.4 is 4.90 Å². The van der Waals surface area contributed by atoms with Gasteiger partial charge in [0, 0.05) is 33.3 Å². The van der Waals surface area contributed by atoms with Crippen LogP contribution in [0.4, 0.5) is 17.1 Å². The van der Waals surface area contributed by atoms with Crippen LogP contribution in [0.25, 0.3) is 54.6 Å². The van der Waals surface area contributed by atoms with Crippen LogP contribution in [-0.2, 0) is 0 Å². The van der Waals surface area contributed by atoms with Gasteiger partial charge in [0.05, 0.1) is 5.69 Å². The lowest BCUT2D eigenvalue weighted by Gasteiger charge is -2.28. The molecule has 0 aliphatic rings. The average molecular weight is 526 g/mol. The Hall–Kier alpha value is -5.34. The number of para-hydroxylation sites is 1. The SMILES string of the molecule is Cc1c(-c2cccc(N(c3ccc4ccccc4c3)c3cc4ccccc4c4ccccc34)c2)oc2ccccc12. The molecular formula is C39H27NO. The first-order valence-electron chi connectivity index (χ1n) is 14.0. The van der Waals surface area contributed by atoms with Gasteiger partial charge in [0.15, 0.2) is 0 Å². The Balaban J connectivity index is 1.41. The molecule has 0 saturated carbocycles. The lowest BCUT2D eigenvalue weighted by atomic mass is 9.98. The number of fused-ring (bicyclic) bond motifs is 5. The van der Waals surface area contributed by atoms with Crippen LogP contribution in [0.15, 0.2) is 150 Å². The number of rotatable bonds is 4. The van der Waals surface area contributed by atoms with Crippen molar-refractivity contribution in [1.29, 1.82) is 0 Å². The Morgan fingerprint density at radius 1 is 0.463 bits per heavy atom. The topological polar surface area (TPSA) is 16.4 Å². The monoisotopic (exact) mass is 525 g/mol. The van der Waals surface area contributed by atoms with E-state index in [1.807, 2.05) is 12.1 Å². The van der Waals surface area contributed by atoms with E-state index in [4.69, 9.17) is 4.42 Å². The zero-order valence-corrected chi connectivity index (χ0v) is 22.7. The minimum atomic E-state index is 0.912. The summed E-state index contributed by atoms with van der Waals surface area (Å²) < 4.78 is 6.40. The molecule has 0 saturated heterocycles. The zero-order valence-electron chi connectivity index (χ0n) is 22.7.